The molecule has 1 fully saturated rings. The summed E-state index contributed by atoms with van der Waals surface area (Å²) >= 11 is 0. The minimum Gasteiger partial charge on any atom is -0.481 e. The Labute approximate surface area is 110 Å². The third kappa shape index (κ3) is 2.26. The minimum atomic E-state index is -0.689. The molecule has 4 nitrogen and oxygen atoms in total. The molecule has 19 heavy (non-hydrogen) atoms. The van der Waals surface area contributed by atoms with Crippen molar-refractivity contribution in [2.24, 2.45) is 11.8 Å². The van der Waals surface area contributed by atoms with Gasteiger partial charge in [-0.1, -0.05) is 6.07 Å². The lowest BCUT2D eigenvalue weighted by Crippen LogP contribution is -2.08. The molecular formula is C15H15NO3. The van der Waals surface area contributed by atoms with Crippen molar-refractivity contribution in [3.8, 4) is 0 Å². The number of aromatic nitrogens is 1. The summed E-state index contributed by atoms with van der Waals surface area (Å²) < 4.78 is 0. The third-order valence-corrected chi connectivity index (χ3v) is 3.83. The molecule has 1 aromatic carbocycles. The SMILES string of the molecule is Cc1cc2cc(CC3CC3C(=O)O)ccc2[nH]c1=O. The van der Waals surface area contributed by atoms with Gasteiger partial charge in [0, 0.05) is 11.1 Å². The maximum absolute atomic E-state index is 11.5. The van der Waals surface area contributed by atoms with Crippen LogP contribution in [0.5, 0.6) is 0 Å². The second-order valence-electron chi connectivity index (χ2n) is 5.35. The van der Waals surface area contributed by atoms with Crippen LogP contribution in [0.2, 0.25) is 0 Å². The molecular weight excluding hydrogens is 242 g/mol. The predicted octanol–water partition coefficient (Wildman–Crippen LogP) is 2.10. The van der Waals surface area contributed by atoms with Crippen LogP contribution in [0.1, 0.15) is 17.5 Å². The Bertz CT molecular complexity index is 717. The number of benzene rings is 1. The Morgan fingerprint density at radius 3 is 2.89 bits per heavy atom. The Kier molecular flexibility index (Phi) is 2.66. The lowest BCUT2D eigenvalue weighted by molar-refractivity contribution is -0.138. The number of hydrogen-bond donors (Lipinski definition) is 2. The average Bonchev–Trinajstić information content (AvgIpc) is 3.10. The summed E-state index contributed by atoms with van der Waals surface area (Å²) in [4.78, 5) is 25.2. The number of carbonyl (C=O) groups is 1. The van der Waals surface area contributed by atoms with Crippen LogP contribution in [-0.4, -0.2) is 16.1 Å². The molecule has 2 unspecified atom stereocenters. The van der Waals surface area contributed by atoms with E-state index in [1.165, 1.54) is 0 Å². The van der Waals surface area contributed by atoms with Crippen molar-refractivity contribution < 1.29 is 9.90 Å². The summed E-state index contributed by atoms with van der Waals surface area (Å²) in [6, 6.07) is 7.77. The topological polar surface area (TPSA) is 70.2 Å². The molecule has 3 rings (SSSR count). The number of carboxylic acid groups (broad SMARTS) is 1. The first-order valence-electron chi connectivity index (χ1n) is 6.40. The molecule has 1 aromatic heterocycles. The van der Waals surface area contributed by atoms with Gasteiger partial charge >= 0.3 is 5.97 Å². The van der Waals surface area contributed by atoms with Gasteiger partial charge in [0.1, 0.15) is 0 Å². The fraction of sp³-hybridized carbons (Fsp3) is 0.333. The molecule has 1 aliphatic rings. The van der Waals surface area contributed by atoms with Crippen molar-refractivity contribution in [1.82, 2.24) is 4.98 Å². The number of rotatable bonds is 3. The number of nitrogens with one attached hydrogen (secondary N) is 1. The fourth-order valence-corrected chi connectivity index (χ4v) is 2.57. The number of hydrogen-bond acceptors (Lipinski definition) is 2. The summed E-state index contributed by atoms with van der Waals surface area (Å²) in [5.41, 5.74) is 2.59. The fourth-order valence-electron chi connectivity index (χ4n) is 2.57. The summed E-state index contributed by atoms with van der Waals surface area (Å²) in [6.07, 6.45) is 1.57. The largest absolute Gasteiger partial charge is 0.481 e. The first-order chi connectivity index (χ1) is 9.04. The van der Waals surface area contributed by atoms with E-state index in [2.05, 4.69) is 4.98 Å². The monoisotopic (exact) mass is 257 g/mol. The van der Waals surface area contributed by atoms with Crippen LogP contribution in [0, 0.1) is 18.8 Å². The van der Waals surface area contributed by atoms with Gasteiger partial charge in [-0.05, 0) is 54.8 Å². The zero-order chi connectivity index (χ0) is 13.6. The van der Waals surface area contributed by atoms with E-state index in [-0.39, 0.29) is 17.4 Å². The van der Waals surface area contributed by atoms with Crippen molar-refractivity contribution >= 4 is 16.9 Å². The van der Waals surface area contributed by atoms with Crippen molar-refractivity contribution in [1.29, 1.82) is 0 Å². The lowest BCUT2D eigenvalue weighted by atomic mass is 10.0. The minimum absolute atomic E-state index is 0.0617. The molecule has 1 aliphatic carbocycles. The number of H-pyrrole nitrogens is 1. The second-order valence-corrected chi connectivity index (χ2v) is 5.35. The van der Waals surface area contributed by atoms with Gasteiger partial charge in [-0.3, -0.25) is 9.59 Å². The van der Waals surface area contributed by atoms with E-state index in [9.17, 15) is 9.59 Å². The van der Waals surface area contributed by atoms with E-state index >= 15 is 0 Å². The molecule has 1 heterocycles. The van der Waals surface area contributed by atoms with Crippen molar-refractivity contribution in [2.45, 2.75) is 19.8 Å². The van der Waals surface area contributed by atoms with Gasteiger partial charge in [-0.15, -0.1) is 0 Å². The number of aliphatic carboxylic acids is 1. The van der Waals surface area contributed by atoms with Crippen LogP contribution in [0.3, 0.4) is 0 Å². The number of carboxylic acids is 1. The number of aromatic amines is 1. The summed E-state index contributed by atoms with van der Waals surface area (Å²) in [5, 5.41) is 9.90. The van der Waals surface area contributed by atoms with Gasteiger partial charge in [-0.2, -0.15) is 0 Å². The lowest BCUT2D eigenvalue weighted by Gasteiger charge is -2.04. The van der Waals surface area contributed by atoms with Crippen molar-refractivity contribution in [3.05, 3.63) is 45.7 Å². The first-order valence-corrected chi connectivity index (χ1v) is 6.40. The maximum atomic E-state index is 11.5. The Hall–Kier alpha value is -2.10. The van der Waals surface area contributed by atoms with Gasteiger partial charge in [0.2, 0.25) is 0 Å². The molecule has 4 heteroatoms. The van der Waals surface area contributed by atoms with Crippen LogP contribution in [-0.2, 0) is 11.2 Å². The highest BCUT2D eigenvalue weighted by Crippen LogP contribution is 2.41. The standard InChI is InChI=1S/C15H15NO3/c1-8-4-11-6-9(2-3-13(11)16-14(8)17)5-10-7-12(10)15(18)19/h2-4,6,10,12H,5,7H2,1H3,(H,16,17)(H,18,19). The molecule has 0 aliphatic heterocycles. The van der Waals surface area contributed by atoms with Crippen LogP contribution >= 0.6 is 0 Å². The highest BCUT2D eigenvalue weighted by atomic mass is 16.4. The molecule has 0 saturated heterocycles. The smallest absolute Gasteiger partial charge is 0.306 e. The molecule has 0 bridgehead atoms. The molecule has 1 saturated carbocycles. The highest BCUT2D eigenvalue weighted by molar-refractivity contribution is 5.79. The maximum Gasteiger partial charge on any atom is 0.306 e. The molecule has 0 radical (unpaired) electrons. The van der Waals surface area contributed by atoms with E-state index < -0.39 is 5.97 Å². The van der Waals surface area contributed by atoms with Gasteiger partial charge in [0.25, 0.3) is 5.56 Å². The molecule has 2 aromatic rings. The number of fused-ring (bicyclic) bond motifs is 1. The summed E-state index contributed by atoms with van der Waals surface area (Å²) in [5.74, 6) is -0.599. The van der Waals surface area contributed by atoms with E-state index in [4.69, 9.17) is 5.11 Å². The Morgan fingerprint density at radius 2 is 2.21 bits per heavy atom. The predicted molar refractivity (Wildman–Crippen MR) is 72.2 cm³/mol. The van der Waals surface area contributed by atoms with Crippen LogP contribution in [0.25, 0.3) is 10.9 Å². The third-order valence-electron chi connectivity index (χ3n) is 3.83. The van der Waals surface area contributed by atoms with Crippen LogP contribution in [0.15, 0.2) is 29.1 Å². The molecule has 2 atom stereocenters. The zero-order valence-electron chi connectivity index (χ0n) is 10.6. The number of aryl methyl sites for hydroxylation is 1. The first kappa shape index (κ1) is 12.0. The second kappa shape index (κ2) is 4.23. The Morgan fingerprint density at radius 1 is 1.42 bits per heavy atom. The van der Waals surface area contributed by atoms with Crippen LogP contribution < -0.4 is 5.56 Å². The van der Waals surface area contributed by atoms with Gasteiger partial charge in [0.15, 0.2) is 0 Å². The van der Waals surface area contributed by atoms with Crippen molar-refractivity contribution in [2.75, 3.05) is 0 Å². The summed E-state index contributed by atoms with van der Waals surface area (Å²) in [7, 11) is 0. The normalized spacial score (nSPS) is 21.5. The molecule has 0 amide bonds. The van der Waals surface area contributed by atoms with E-state index in [1.54, 1.807) is 6.92 Å². The zero-order valence-corrected chi connectivity index (χ0v) is 10.6. The van der Waals surface area contributed by atoms with Crippen LogP contribution in [0.4, 0.5) is 0 Å². The van der Waals surface area contributed by atoms with E-state index in [0.717, 1.165) is 29.3 Å². The van der Waals surface area contributed by atoms with Gasteiger partial charge in [-0.25, -0.2) is 0 Å². The quantitative estimate of drug-likeness (QED) is 0.884. The Balaban J connectivity index is 1.88. The molecule has 98 valence electrons. The van der Waals surface area contributed by atoms with Gasteiger partial charge < -0.3 is 10.1 Å². The van der Waals surface area contributed by atoms with Gasteiger partial charge in [0.05, 0.1) is 5.92 Å². The van der Waals surface area contributed by atoms with E-state index in [1.807, 2.05) is 24.3 Å². The van der Waals surface area contributed by atoms with Crippen molar-refractivity contribution in [3.63, 3.8) is 0 Å². The average molecular weight is 257 g/mol. The molecule has 2 N–H and O–H groups in total. The number of pyridine rings is 1. The summed E-state index contributed by atoms with van der Waals surface area (Å²) in [6.45, 7) is 1.78. The van der Waals surface area contributed by atoms with E-state index in [0.29, 0.717) is 5.56 Å². The highest BCUT2D eigenvalue weighted by Gasteiger charge is 2.42. The molecule has 0 spiro atoms.